The van der Waals surface area contributed by atoms with E-state index in [2.05, 4.69) is 20.8 Å². The number of hydrogen-bond acceptors (Lipinski definition) is 3. The van der Waals surface area contributed by atoms with Gasteiger partial charge in [0.1, 0.15) is 23.1 Å². The highest BCUT2D eigenvalue weighted by atomic mass is 19.1. The molecule has 0 aliphatic heterocycles. The van der Waals surface area contributed by atoms with Crippen molar-refractivity contribution in [1.82, 2.24) is 14.7 Å². The maximum Gasteiger partial charge on any atom is 0.144 e. The van der Waals surface area contributed by atoms with Crippen LogP contribution in [0.2, 0.25) is 0 Å². The van der Waals surface area contributed by atoms with Gasteiger partial charge in [-0.3, -0.25) is 0 Å². The number of aryl methyl sites for hydroxylation is 3. The molecule has 0 unspecified atom stereocenters. The average molecular weight is 323 g/mol. The molecular formula is C19H18FN3O. The maximum absolute atomic E-state index is 13.1. The number of nitrogens with zero attached hydrogens (tertiary/aromatic N) is 3. The van der Waals surface area contributed by atoms with Crippen molar-refractivity contribution in [3.05, 3.63) is 65.2 Å². The van der Waals surface area contributed by atoms with Crippen LogP contribution in [0.5, 0.6) is 0 Å². The molecule has 0 fully saturated rings. The summed E-state index contributed by atoms with van der Waals surface area (Å²) < 4.78 is 20.8. The fraction of sp³-hybridized carbons (Fsp3) is 0.263. The van der Waals surface area contributed by atoms with E-state index in [1.165, 1.54) is 17.7 Å². The van der Waals surface area contributed by atoms with Gasteiger partial charge in [0, 0.05) is 36.5 Å². The van der Waals surface area contributed by atoms with Gasteiger partial charge in [-0.25, -0.2) is 9.37 Å². The van der Waals surface area contributed by atoms with Gasteiger partial charge in [0.05, 0.1) is 0 Å². The third kappa shape index (κ3) is 2.77. The fourth-order valence-corrected chi connectivity index (χ4v) is 3.13. The second-order valence-electron chi connectivity index (χ2n) is 6.10. The third-order valence-electron chi connectivity index (χ3n) is 4.54. The van der Waals surface area contributed by atoms with Crippen LogP contribution in [0.1, 0.15) is 30.0 Å². The van der Waals surface area contributed by atoms with Crippen LogP contribution in [0.4, 0.5) is 4.39 Å². The Morgan fingerprint density at radius 3 is 2.79 bits per heavy atom. The van der Waals surface area contributed by atoms with Gasteiger partial charge in [0.2, 0.25) is 0 Å². The fourth-order valence-electron chi connectivity index (χ4n) is 3.13. The molecule has 24 heavy (non-hydrogen) atoms. The second-order valence-corrected chi connectivity index (χ2v) is 6.10. The van der Waals surface area contributed by atoms with E-state index in [0.717, 1.165) is 54.2 Å². The molecule has 0 spiro atoms. The highest BCUT2D eigenvalue weighted by Crippen LogP contribution is 2.33. The molecule has 0 saturated carbocycles. The van der Waals surface area contributed by atoms with Gasteiger partial charge in [-0.1, -0.05) is 10.7 Å². The normalized spacial score (nSPS) is 13.7. The topological polar surface area (TPSA) is 43.9 Å². The number of aromatic nitrogens is 3. The lowest BCUT2D eigenvalue weighted by molar-refractivity contribution is 0.383. The lowest BCUT2D eigenvalue weighted by Crippen LogP contribution is -2.04. The molecule has 0 amide bonds. The first kappa shape index (κ1) is 14.9. The predicted molar refractivity (Wildman–Crippen MR) is 89.8 cm³/mol. The standard InChI is InChI=1S/C19H18FN3O/c1-13-21-9-11-23(13)10-8-14-2-7-18-17(12-14)19(22-24-18)15-3-5-16(20)6-4-15/h3-6,9,11-12H,2,7-8,10H2,1H3. The first-order valence-electron chi connectivity index (χ1n) is 8.12. The number of halogens is 1. The Balaban J connectivity index is 1.59. The average Bonchev–Trinajstić information content (AvgIpc) is 3.19. The molecule has 0 radical (unpaired) electrons. The number of hydrogen-bond donors (Lipinski definition) is 0. The Hall–Kier alpha value is -2.69. The van der Waals surface area contributed by atoms with E-state index in [0.29, 0.717) is 0 Å². The minimum absolute atomic E-state index is 0.247. The van der Waals surface area contributed by atoms with Crippen LogP contribution in [-0.4, -0.2) is 14.7 Å². The summed E-state index contributed by atoms with van der Waals surface area (Å²) in [6.07, 6.45) is 8.84. The molecule has 1 aliphatic rings. The number of fused-ring (bicyclic) bond motifs is 1. The van der Waals surface area contributed by atoms with E-state index in [4.69, 9.17) is 4.52 Å². The van der Waals surface area contributed by atoms with Gasteiger partial charge in [0.15, 0.2) is 0 Å². The lowest BCUT2D eigenvalue weighted by atomic mass is 9.93. The van der Waals surface area contributed by atoms with Gasteiger partial charge in [-0.15, -0.1) is 0 Å². The van der Waals surface area contributed by atoms with Gasteiger partial charge in [-0.05, 0) is 50.1 Å². The van der Waals surface area contributed by atoms with E-state index in [1.54, 1.807) is 12.1 Å². The quantitative estimate of drug-likeness (QED) is 0.714. The summed E-state index contributed by atoms with van der Waals surface area (Å²) in [5.74, 6) is 1.70. The van der Waals surface area contributed by atoms with Crippen molar-refractivity contribution < 1.29 is 8.91 Å². The zero-order chi connectivity index (χ0) is 16.5. The van der Waals surface area contributed by atoms with Crippen LogP contribution in [0.15, 0.2) is 46.8 Å². The minimum Gasteiger partial charge on any atom is -0.360 e. The summed E-state index contributed by atoms with van der Waals surface area (Å²) in [6, 6.07) is 6.38. The van der Waals surface area contributed by atoms with Crippen LogP contribution in [0, 0.1) is 12.7 Å². The molecule has 122 valence electrons. The Kier molecular flexibility index (Phi) is 3.76. The molecule has 0 atom stereocenters. The Labute approximate surface area is 139 Å². The van der Waals surface area contributed by atoms with Crippen LogP contribution < -0.4 is 0 Å². The largest absolute Gasteiger partial charge is 0.360 e. The summed E-state index contributed by atoms with van der Waals surface area (Å²) in [4.78, 5) is 4.26. The molecule has 3 aromatic rings. The zero-order valence-corrected chi connectivity index (χ0v) is 13.5. The smallest absolute Gasteiger partial charge is 0.144 e. The molecule has 0 N–H and O–H groups in total. The Bertz CT molecular complexity index is 890. The van der Waals surface area contributed by atoms with Crippen molar-refractivity contribution >= 4 is 6.08 Å². The summed E-state index contributed by atoms with van der Waals surface area (Å²) >= 11 is 0. The number of rotatable bonds is 4. The highest BCUT2D eigenvalue weighted by molar-refractivity contribution is 5.74. The van der Waals surface area contributed by atoms with Crippen molar-refractivity contribution in [1.29, 1.82) is 0 Å². The van der Waals surface area contributed by atoms with Crippen molar-refractivity contribution in [2.24, 2.45) is 0 Å². The van der Waals surface area contributed by atoms with Crippen molar-refractivity contribution in [2.75, 3.05) is 0 Å². The molecule has 1 aliphatic carbocycles. The zero-order valence-electron chi connectivity index (χ0n) is 13.5. The predicted octanol–water partition coefficient (Wildman–Crippen LogP) is 4.41. The first-order valence-corrected chi connectivity index (χ1v) is 8.12. The van der Waals surface area contributed by atoms with Crippen LogP contribution in [0.25, 0.3) is 17.3 Å². The summed E-state index contributed by atoms with van der Waals surface area (Å²) in [5, 5.41) is 4.20. The van der Waals surface area contributed by atoms with Crippen molar-refractivity contribution in [3.8, 4) is 11.3 Å². The Morgan fingerprint density at radius 1 is 1.21 bits per heavy atom. The molecule has 0 saturated heterocycles. The second kappa shape index (κ2) is 6.07. The van der Waals surface area contributed by atoms with Gasteiger partial charge in [-0.2, -0.15) is 0 Å². The maximum atomic E-state index is 13.1. The van der Waals surface area contributed by atoms with Gasteiger partial charge < -0.3 is 9.09 Å². The van der Waals surface area contributed by atoms with Crippen LogP contribution in [0.3, 0.4) is 0 Å². The SMILES string of the molecule is Cc1nccn1CCC1=Cc2c(-c3ccc(F)cc3)noc2CC1. The molecule has 0 bridgehead atoms. The van der Waals surface area contributed by atoms with E-state index in [-0.39, 0.29) is 5.82 Å². The van der Waals surface area contributed by atoms with Crippen LogP contribution >= 0.6 is 0 Å². The third-order valence-corrected chi connectivity index (χ3v) is 4.54. The van der Waals surface area contributed by atoms with E-state index in [9.17, 15) is 4.39 Å². The highest BCUT2D eigenvalue weighted by Gasteiger charge is 2.20. The number of imidazole rings is 1. The van der Waals surface area contributed by atoms with E-state index < -0.39 is 0 Å². The molecular weight excluding hydrogens is 305 g/mol. The molecule has 1 aromatic carbocycles. The summed E-state index contributed by atoms with van der Waals surface area (Å²) in [5.41, 5.74) is 4.08. The molecule has 4 nitrogen and oxygen atoms in total. The van der Waals surface area contributed by atoms with E-state index >= 15 is 0 Å². The summed E-state index contributed by atoms with van der Waals surface area (Å²) in [7, 11) is 0. The minimum atomic E-state index is -0.247. The summed E-state index contributed by atoms with van der Waals surface area (Å²) in [6.45, 7) is 2.93. The van der Waals surface area contributed by atoms with Crippen molar-refractivity contribution in [3.63, 3.8) is 0 Å². The Morgan fingerprint density at radius 2 is 2.04 bits per heavy atom. The van der Waals surface area contributed by atoms with Crippen LogP contribution in [-0.2, 0) is 13.0 Å². The molecule has 2 heterocycles. The molecule has 4 rings (SSSR count). The first-order chi connectivity index (χ1) is 11.7. The van der Waals surface area contributed by atoms with Gasteiger partial charge >= 0.3 is 0 Å². The lowest BCUT2D eigenvalue weighted by Gasteiger charge is -2.13. The number of allylic oxidation sites excluding steroid dienone is 1. The van der Waals surface area contributed by atoms with Gasteiger partial charge in [0.25, 0.3) is 0 Å². The monoisotopic (exact) mass is 323 g/mol. The number of benzene rings is 1. The molecule has 2 aromatic heterocycles. The van der Waals surface area contributed by atoms with Crippen molar-refractivity contribution in [2.45, 2.75) is 32.7 Å². The molecule has 5 heteroatoms. The van der Waals surface area contributed by atoms with E-state index in [1.807, 2.05) is 19.3 Å².